The highest BCUT2D eigenvalue weighted by Crippen LogP contribution is 2.34. The average molecular weight is 204 g/mol. The maximum absolute atomic E-state index is 9.21. The summed E-state index contributed by atoms with van der Waals surface area (Å²) >= 11 is 0. The van der Waals surface area contributed by atoms with Crippen LogP contribution in [-0.2, 0) is 0 Å². The molecule has 80 valence electrons. The van der Waals surface area contributed by atoms with Crippen molar-refractivity contribution in [1.29, 1.82) is 5.26 Å². The summed E-state index contributed by atoms with van der Waals surface area (Å²) in [5.41, 5.74) is -0.352. The van der Waals surface area contributed by atoms with Crippen molar-refractivity contribution in [2.45, 2.75) is 37.3 Å². The Morgan fingerprint density at radius 1 is 1.67 bits per heavy atom. The number of aromatic nitrogens is 2. The zero-order chi connectivity index (χ0) is 10.7. The molecule has 1 fully saturated rings. The molecular weight excluding hydrogens is 188 g/mol. The van der Waals surface area contributed by atoms with Crippen LogP contribution >= 0.6 is 0 Å². The minimum atomic E-state index is -0.352. The third-order valence-corrected chi connectivity index (χ3v) is 3.32. The van der Waals surface area contributed by atoms with Crippen LogP contribution < -0.4 is 5.32 Å². The molecule has 0 aliphatic heterocycles. The first-order chi connectivity index (χ1) is 7.29. The predicted octanol–water partition coefficient (Wildman–Crippen LogP) is 1.48. The Hall–Kier alpha value is -1.34. The van der Waals surface area contributed by atoms with Gasteiger partial charge in [-0.2, -0.15) is 10.4 Å². The fourth-order valence-electron chi connectivity index (χ4n) is 2.35. The second-order valence-electron chi connectivity index (χ2n) is 4.18. The van der Waals surface area contributed by atoms with Crippen molar-refractivity contribution in [3.63, 3.8) is 0 Å². The molecule has 0 aromatic carbocycles. The van der Waals surface area contributed by atoms with Crippen LogP contribution in [0.3, 0.4) is 0 Å². The molecule has 1 aromatic heterocycles. The van der Waals surface area contributed by atoms with E-state index in [1.165, 1.54) is 0 Å². The third kappa shape index (κ3) is 1.88. The zero-order valence-corrected chi connectivity index (χ0v) is 8.98. The molecule has 2 rings (SSSR count). The second-order valence-corrected chi connectivity index (χ2v) is 4.18. The molecular formula is C11H16N4. The Morgan fingerprint density at radius 3 is 3.13 bits per heavy atom. The van der Waals surface area contributed by atoms with E-state index in [-0.39, 0.29) is 5.54 Å². The molecule has 1 saturated carbocycles. The molecule has 0 radical (unpaired) electrons. The maximum Gasteiger partial charge on any atom is 0.108 e. The van der Waals surface area contributed by atoms with Gasteiger partial charge in [-0.15, -0.1) is 0 Å². The summed E-state index contributed by atoms with van der Waals surface area (Å²) in [6.07, 6.45) is 7.76. The van der Waals surface area contributed by atoms with E-state index in [0.29, 0.717) is 6.04 Å². The largest absolute Gasteiger partial charge is 0.302 e. The number of rotatable bonds is 2. The molecule has 0 bridgehead atoms. The van der Waals surface area contributed by atoms with Gasteiger partial charge in [0.1, 0.15) is 5.54 Å². The van der Waals surface area contributed by atoms with E-state index < -0.39 is 0 Å². The average Bonchev–Trinajstić information content (AvgIpc) is 2.82. The lowest BCUT2D eigenvalue weighted by molar-refractivity contribution is 0.230. The van der Waals surface area contributed by atoms with Crippen LogP contribution in [0.1, 0.15) is 31.7 Å². The van der Waals surface area contributed by atoms with E-state index in [9.17, 15) is 5.26 Å². The van der Waals surface area contributed by atoms with Crippen molar-refractivity contribution in [2.24, 2.45) is 0 Å². The zero-order valence-electron chi connectivity index (χ0n) is 8.98. The van der Waals surface area contributed by atoms with Crippen LogP contribution in [0.2, 0.25) is 0 Å². The molecule has 4 nitrogen and oxygen atoms in total. The number of nitriles is 1. The van der Waals surface area contributed by atoms with Crippen LogP contribution in [0.15, 0.2) is 18.5 Å². The Labute approximate surface area is 89.9 Å². The van der Waals surface area contributed by atoms with Crippen LogP contribution in [-0.4, -0.2) is 22.4 Å². The molecule has 4 heteroatoms. The van der Waals surface area contributed by atoms with Crippen LogP contribution in [0.25, 0.3) is 0 Å². The SMILES string of the molecule is CNC1(C#N)CCCC(n2cccn2)C1. The molecule has 2 atom stereocenters. The van der Waals surface area contributed by atoms with Gasteiger partial charge in [0.25, 0.3) is 0 Å². The van der Waals surface area contributed by atoms with Crippen molar-refractivity contribution < 1.29 is 0 Å². The van der Waals surface area contributed by atoms with E-state index in [1.807, 2.05) is 24.0 Å². The van der Waals surface area contributed by atoms with Gasteiger partial charge in [-0.05, 0) is 32.4 Å². The van der Waals surface area contributed by atoms with E-state index in [2.05, 4.69) is 16.5 Å². The number of nitrogens with one attached hydrogen (secondary N) is 1. The highest BCUT2D eigenvalue weighted by atomic mass is 15.3. The fourth-order valence-corrected chi connectivity index (χ4v) is 2.35. The van der Waals surface area contributed by atoms with Crippen molar-refractivity contribution in [3.05, 3.63) is 18.5 Å². The standard InChI is InChI=1S/C11H16N4/c1-13-11(9-12)5-2-4-10(8-11)15-7-3-6-14-15/h3,6-7,10,13H,2,4-5,8H2,1H3. The van der Waals surface area contributed by atoms with Gasteiger partial charge in [-0.25, -0.2) is 0 Å². The third-order valence-electron chi connectivity index (χ3n) is 3.32. The predicted molar refractivity (Wildman–Crippen MR) is 57.1 cm³/mol. The first kappa shape index (κ1) is 10.2. The van der Waals surface area contributed by atoms with Gasteiger partial charge in [-0.3, -0.25) is 4.68 Å². The highest BCUT2D eigenvalue weighted by molar-refractivity contribution is 5.10. The molecule has 1 aromatic rings. The lowest BCUT2D eigenvalue weighted by atomic mass is 9.80. The van der Waals surface area contributed by atoms with Crippen molar-refractivity contribution in [3.8, 4) is 6.07 Å². The van der Waals surface area contributed by atoms with Crippen molar-refractivity contribution >= 4 is 0 Å². The summed E-state index contributed by atoms with van der Waals surface area (Å²) < 4.78 is 1.97. The van der Waals surface area contributed by atoms with Crippen LogP contribution in [0.5, 0.6) is 0 Å². The fraction of sp³-hybridized carbons (Fsp3) is 0.636. The van der Waals surface area contributed by atoms with Gasteiger partial charge >= 0.3 is 0 Å². The molecule has 1 aliphatic carbocycles. The quantitative estimate of drug-likeness (QED) is 0.794. The second kappa shape index (κ2) is 4.03. The lowest BCUT2D eigenvalue weighted by Crippen LogP contribution is -2.45. The van der Waals surface area contributed by atoms with Gasteiger partial charge in [0.2, 0.25) is 0 Å². The minimum absolute atomic E-state index is 0.352. The Morgan fingerprint density at radius 2 is 2.53 bits per heavy atom. The van der Waals surface area contributed by atoms with Crippen LogP contribution in [0, 0.1) is 11.3 Å². The summed E-state index contributed by atoms with van der Waals surface area (Å²) in [6, 6.07) is 4.70. The normalized spacial score (nSPS) is 31.1. The first-order valence-electron chi connectivity index (χ1n) is 5.39. The molecule has 0 saturated heterocycles. The van der Waals surface area contributed by atoms with Gasteiger partial charge < -0.3 is 5.32 Å². The number of nitrogens with zero attached hydrogens (tertiary/aromatic N) is 3. The molecule has 0 amide bonds. The Bertz CT molecular complexity index is 351. The van der Waals surface area contributed by atoms with Crippen molar-refractivity contribution in [2.75, 3.05) is 7.05 Å². The van der Waals surface area contributed by atoms with E-state index in [4.69, 9.17) is 0 Å². The summed E-state index contributed by atoms with van der Waals surface area (Å²) in [7, 11) is 1.87. The monoisotopic (exact) mass is 204 g/mol. The molecule has 15 heavy (non-hydrogen) atoms. The first-order valence-corrected chi connectivity index (χ1v) is 5.39. The smallest absolute Gasteiger partial charge is 0.108 e. The van der Waals surface area contributed by atoms with Gasteiger partial charge in [0.15, 0.2) is 0 Å². The van der Waals surface area contributed by atoms with Gasteiger partial charge in [0, 0.05) is 18.8 Å². The molecule has 1 heterocycles. The van der Waals surface area contributed by atoms with E-state index in [0.717, 1.165) is 25.7 Å². The molecule has 0 spiro atoms. The molecule has 1 aliphatic rings. The van der Waals surface area contributed by atoms with Gasteiger partial charge in [0.05, 0.1) is 12.1 Å². The number of hydrogen-bond acceptors (Lipinski definition) is 3. The Kier molecular flexibility index (Phi) is 2.74. The molecule has 1 N–H and O–H groups in total. The highest BCUT2D eigenvalue weighted by Gasteiger charge is 2.35. The van der Waals surface area contributed by atoms with E-state index in [1.54, 1.807) is 6.20 Å². The van der Waals surface area contributed by atoms with Gasteiger partial charge in [-0.1, -0.05) is 0 Å². The summed E-state index contributed by atoms with van der Waals surface area (Å²) in [5, 5.41) is 16.6. The topological polar surface area (TPSA) is 53.6 Å². The maximum atomic E-state index is 9.21. The number of hydrogen-bond donors (Lipinski definition) is 1. The lowest BCUT2D eigenvalue weighted by Gasteiger charge is -2.35. The van der Waals surface area contributed by atoms with Crippen molar-refractivity contribution in [1.82, 2.24) is 15.1 Å². The minimum Gasteiger partial charge on any atom is -0.302 e. The summed E-state index contributed by atoms with van der Waals surface area (Å²) in [4.78, 5) is 0. The van der Waals surface area contributed by atoms with Crippen LogP contribution in [0.4, 0.5) is 0 Å². The van der Waals surface area contributed by atoms with E-state index >= 15 is 0 Å². The summed E-state index contributed by atoms with van der Waals surface area (Å²) in [5.74, 6) is 0. The Balaban J connectivity index is 2.14. The summed E-state index contributed by atoms with van der Waals surface area (Å²) in [6.45, 7) is 0. The molecule has 2 unspecified atom stereocenters.